The Hall–Kier alpha value is -1.63. The fourth-order valence-electron chi connectivity index (χ4n) is 4.91. The standard InChI is InChI=1S/C20H22N2O3S/c1-12-3-2-4-13(7-12)19(23)24-10-16-22-18-14-5-6-20(8-14,25-16)17(18)15-9-21-11-26-15/h2-7,11,14-18,22H,8-10H2,1H3. The maximum Gasteiger partial charge on any atom is 0.338 e. The molecular formula is C20H22N2O3S. The van der Waals surface area contributed by atoms with E-state index < -0.39 is 0 Å². The Balaban J connectivity index is 1.26. The van der Waals surface area contributed by atoms with Gasteiger partial charge < -0.3 is 9.47 Å². The number of thioether (sulfide) groups is 1. The minimum Gasteiger partial charge on any atom is -0.458 e. The van der Waals surface area contributed by atoms with E-state index in [4.69, 9.17) is 9.47 Å². The van der Waals surface area contributed by atoms with Crippen LogP contribution in [0, 0.1) is 18.8 Å². The van der Waals surface area contributed by atoms with E-state index in [0.29, 0.717) is 28.7 Å². The predicted molar refractivity (Wildman–Crippen MR) is 101 cm³/mol. The Bertz CT molecular complexity index is 787. The number of ether oxygens (including phenoxy) is 2. The Kier molecular flexibility index (Phi) is 3.95. The number of nitrogens with zero attached hydrogens (tertiary/aromatic N) is 1. The molecule has 2 aliphatic carbocycles. The van der Waals surface area contributed by atoms with Crippen LogP contribution < -0.4 is 5.32 Å². The van der Waals surface area contributed by atoms with Gasteiger partial charge in [0.1, 0.15) is 12.8 Å². The molecule has 1 aromatic rings. The Morgan fingerprint density at radius 3 is 3.19 bits per heavy atom. The molecule has 5 nitrogen and oxygen atoms in total. The SMILES string of the molecule is Cc1cccc(C(=O)OCC2NC3C4C=CC(C4)(O2)C3C2CN=CS2)c1. The zero-order valence-electron chi connectivity index (χ0n) is 14.6. The summed E-state index contributed by atoms with van der Waals surface area (Å²) in [5.41, 5.74) is 3.37. The molecule has 3 bridgehead atoms. The molecule has 1 aromatic carbocycles. The zero-order chi connectivity index (χ0) is 17.7. The first-order chi connectivity index (χ1) is 12.6. The quantitative estimate of drug-likeness (QED) is 0.652. The summed E-state index contributed by atoms with van der Waals surface area (Å²) in [5.74, 6) is 0.624. The van der Waals surface area contributed by atoms with E-state index in [0.717, 1.165) is 18.5 Å². The summed E-state index contributed by atoms with van der Waals surface area (Å²) in [6, 6.07) is 7.84. The predicted octanol–water partition coefficient (Wildman–Crippen LogP) is 2.55. The first kappa shape index (κ1) is 16.5. The number of nitrogens with one attached hydrogen (secondary N) is 1. The van der Waals surface area contributed by atoms with Gasteiger partial charge in [0.2, 0.25) is 0 Å². The fraction of sp³-hybridized carbons (Fsp3) is 0.500. The second-order valence-electron chi connectivity index (χ2n) is 7.62. The Labute approximate surface area is 157 Å². The van der Waals surface area contributed by atoms with E-state index in [1.165, 1.54) is 0 Å². The lowest BCUT2D eigenvalue weighted by Crippen LogP contribution is -2.62. The van der Waals surface area contributed by atoms with Gasteiger partial charge in [-0.2, -0.15) is 0 Å². The number of esters is 1. The molecule has 2 fully saturated rings. The Morgan fingerprint density at radius 2 is 2.42 bits per heavy atom. The van der Waals surface area contributed by atoms with Gasteiger partial charge in [-0.3, -0.25) is 10.3 Å². The van der Waals surface area contributed by atoms with Crippen molar-refractivity contribution < 1.29 is 14.3 Å². The van der Waals surface area contributed by atoms with E-state index in [1.807, 2.05) is 42.4 Å². The maximum absolute atomic E-state index is 12.3. The summed E-state index contributed by atoms with van der Waals surface area (Å²) in [5, 5.41) is 4.07. The van der Waals surface area contributed by atoms with Crippen molar-refractivity contribution in [2.45, 2.75) is 36.5 Å². The van der Waals surface area contributed by atoms with Crippen LogP contribution in [0.5, 0.6) is 0 Å². The van der Waals surface area contributed by atoms with Crippen LogP contribution >= 0.6 is 11.8 Å². The highest BCUT2D eigenvalue weighted by Crippen LogP contribution is 2.55. The molecule has 4 aliphatic rings. The van der Waals surface area contributed by atoms with E-state index in [2.05, 4.69) is 22.5 Å². The van der Waals surface area contributed by atoms with Crippen LogP contribution in [0.4, 0.5) is 0 Å². The molecular weight excluding hydrogens is 348 g/mol. The van der Waals surface area contributed by atoms with Crippen molar-refractivity contribution in [1.29, 1.82) is 0 Å². The van der Waals surface area contributed by atoms with Crippen molar-refractivity contribution in [3.05, 3.63) is 47.5 Å². The van der Waals surface area contributed by atoms with Crippen LogP contribution in [0.2, 0.25) is 0 Å². The minimum absolute atomic E-state index is 0.229. The summed E-state index contributed by atoms with van der Waals surface area (Å²) in [6.07, 6.45) is 5.29. The summed E-state index contributed by atoms with van der Waals surface area (Å²) in [6.45, 7) is 3.06. The molecule has 1 saturated carbocycles. The molecule has 1 saturated heterocycles. The smallest absolute Gasteiger partial charge is 0.338 e. The van der Waals surface area contributed by atoms with Gasteiger partial charge in [0.05, 0.1) is 23.3 Å². The van der Waals surface area contributed by atoms with Crippen LogP contribution in [0.1, 0.15) is 22.3 Å². The van der Waals surface area contributed by atoms with Crippen molar-refractivity contribution in [2.75, 3.05) is 13.2 Å². The van der Waals surface area contributed by atoms with Gasteiger partial charge in [-0.05, 0) is 31.4 Å². The monoisotopic (exact) mass is 370 g/mol. The number of carbonyl (C=O) groups excluding carboxylic acids is 1. The average molecular weight is 370 g/mol. The van der Waals surface area contributed by atoms with E-state index in [9.17, 15) is 4.79 Å². The van der Waals surface area contributed by atoms with Crippen molar-refractivity contribution in [1.82, 2.24) is 5.32 Å². The lowest BCUT2D eigenvalue weighted by molar-refractivity contribution is -0.147. The highest BCUT2D eigenvalue weighted by molar-refractivity contribution is 8.12. The first-order valence-electron chi connectivity index (χ1n) is 9.15. The highest BCUT2D eigenvalue weighted by Gasteiger charge is 2.62. The average Bonchev–Trinajstić information content (AvgIpc) is 3.32. The van der Waals surface area contributed by atoms with Crippen molar-refractivity contribution in [3.8, 4) is 0 Å². The fourth-order valence-corrected chi connectivity index (χ4v) is 5.98. The van der Waals surface area contributed by atoms with E-state index >= 15 is 0 Å². The lowest BCUT2D eigenvalue weighted by atomic mass is 9.81. The summed E-state index contributed by atoms with van der Waals surface area (Å²) >= 11 is 1.82. The van der Waals surface area contributed by atoms with Crippen LogP contribution in [-0.4, -0.2) is 47.8 Å². The number of aryl methyl sites for hydroxylation is 1. The molecule has 0 amide bonds. The van der Waals surface area contributed by atoms with Crippen LogP contribution in [0.15, 0.2) is 41.4 Å². The third kappa shape index (κ3) is 2.63. The van der Waals surface area contributed by atoms with Gasteiger partial charge in [0, 0.05) is 17.2 Å². The van der Waals surface area contributed by atoms with Gasteiger partial charge >= 0.3 is 5.97 Å². The van der Waals surface area contributed by atoms with Gasteiger partial charge in [-0.25, -0.2) is 4.79 Å². The van der Waals surface area contributed by atoms with Crippen LogP contribution in [0.25, 0.3) is 0 Å². The summed E-state index contributed by atoms with van der Waals surface area (Å²) < 4.78 is 12.0. The van der Waals surface area contributed by atoms with Gasteiger partial charge in [0.25, 0.3) is 0 Å². The first-order valence-corrected chi connectivity index (χ1v) is 10.1. The highest BCUT2D eigenvalue weighted by atomic mass is 32.2. The molecule has 0 radical (unpaired) electrons. The topological polar surface area (TPSA) is 59.9 Å². The van der Waals surface area contributed by atoms with Gasteiger partial charge in [-0.1, -0.05) is 29.8 Å². The van der Waals surface area contributed by atoms with E-state index in [-0.39, 0.29) is 24.4 Å². The molecule has 0 aromatic heterocycles. The molecule has 2 heterocycles. The molecule has 1 spiro atoms. The van der Waals surface area contributed by atoms with Crippen molar-refractivity contribution >= 4 is 23.3 Å². The molecule has 2 aliphatic heterocycles. The van der Waals surface area contributed by atoms with Gasteiger partial charge in [0.15, 0.2) is 0 Å². The lowest BCUT2D eigenvalue weighted by Gasteiger charge is -2.47. The number of hydrogen-bond acceptors (Lipinski definition) is 6. The Morgan fingerprint density at radius 1 is 1.50 bits per heavy atom. The summed E-state index contributed by atoms with van der Waals surface area (Å²) in [4.78, 5) is 16.7. The molecule has 6 unspecified atom stereocenters. The van der Waals surface area contributed by atoms with Crippen LogP contribution in [-0.2, 0) is 9.47 Å². The maximum atomic E-state index is 12.3. The molecule has 6 atom stereocenters. The van der Waals surface area contributed by atoms with Crippen molar-refractivity contribution in [2.24, 2.45) is 16.8 Å². The molecule has 5 rings (SSSR count). The van der Waals surface area contributed by atoms with Crippen LogP contribution in [0.3, 0.4) is 0 Å². The third-order valence-corrected chi connectivity index (χ3v) is 7.01. The number of rotatable bonds is 4. The van der Waals surface area contributed by atoms with E-state index in [1.54, 1.807) is 6.07 Å². The molecule has 6 heteroatoms. The molecule has 1 N–H and O–H groups in total. The molecule has 26 heavy (non-hydrogen) atoms. The normalized spacial score (nSPS) is 39.5. The number of fused-ring (bicyclic) bond motifs is 3. The largest absolute Gasteiger partial charge is 0.458 e. The number of aliphatic imine (C=N–C) groups is 1. The summed E-state index contributed by atoms with van der Waals surface area (Å²) in [7, 11) is 0. The van der Waals surface area contributed by atoms with Crippen molar-refractivity contribution in [3.63, 3.8) is 0 Å². The minimum atomic E-state index is -0.300. The van der Waals surface area contributed by atoms with Gasteiger partial charge in [-0.15, -0.1) is 11.8 Å². The second kappa shape index (κ2) is 6.22. The number of hydrogen-bond donors (Lipinski definition) is 1. The number of benzene rings is 1. The third-order valence-electron chi connectivity index (χ3n) is 5.95. The second-order valence-corrected chi connectivity index (χ2v) is 8.71. The molecule has 136 valence electrons. The number of carbonyl (C=O) groups is 1. The zero-order valence-corrected chi connectivity index (χ0v) is 15.4.